The van der Waals surface area contributed by atoms with Crippen molar-refractivity contribution in [3.8, 4) is 5.75 Å². The smallest absolute Gasteiger partial charge is 0.134 e. The first kappa shape index (κ1) is 10.1. The highest BCUT2D eigenvalue weighted by Crippen LogP contribution is 2.24. The van der Waals surface area contributed by atoms with Gasteiger partial charge in [-0.2, -0.15) is 0 Å². The van der Waals surface area contributed by atoms with Gasteiger partial charge in [0.1, 0.15) is 5.75 Å². The lowest BCUT2D eigenvalue weighted by Crippen LogP contribution is -1.94. The summed E-state index contributed by atoms with van der Waals surface area (Å²) in [5.74, 6) is 0.109. The second kappa shape index (κ2) is 4.90. The van der Waals surface area contributed by atoms with Gasteiger partial charge in [-0.25, -0.2) is 0 Å². The Hall–Kier alpha value is -0.990. The van der Waals surface area contributed by atoms with E-state index in [4.69, 9.17) is 22.4 Å². The number of halogens is 1. The molecule has 0 fully saturated rings. The van der Waals surface area contributed by atoms with E-state index in [1.165, 1.54) is 0 Å². The molecule has 0 heterocycles. The number of aromatic hydroxyl groups is 1. The molecule has 70 valence electrons. The molecule has 1 aromatic rings. The molecular weight excluding hydrogens is 186 g/mol. The van der Waals surface area contributed by atoms with Gasteiger partial charge in [-0.3, -0.25) is 0 Å². The van der Waals surface area contributed by atoms with Gasteiger partial charge in [0.05, 0.1) is 5.02 Å². The van der Waals surface area contributed by atoms with Crippen LogP contribution in [0.15, 0.2) is 24.3 Å². The van der Waals surface area contributed by atoms with Gasteiger partial charge in [0, 0.05) is 0 Å². The first-order valence-corrected chi connectivity index (χ1v) is 4.47. The third-order valence-electron chi connectivity index (χ3n) is 1.62. The lowest BCUT2D eigenvalue weighted by molar-refractivity contribution is 0.475. The van der Waals surface area contributed by atoms with Crippen LogP contribution in [-0.2, 0) is 0 Å². The standard InChI is InChI=1S/C10H12ClNO/c11-9-7-8(3-1-2-6-12)4-5-10(9)13/h1,3-5,7,13H,2,6,12H2. The summed E-state index contributed by atoms with van der Waals surface area (Å²) in [4.78, 5) is 0. The predicted molar refractivity (Wildman–Crippen MR) is 55.8 cm³/mol. The van der Waals surface area contributed by atoms with Crippen LogP contribution in [0.2, 0.25) is 5.02 Å². The molecule has 0 aliphatic heterocycles. The number of rotatable bonds is 3. The summed E-state index contributed by atoms with van der Waals surface area (Å²) in [7, 11) is 0. The average Bonchev–Trinajstić information content (AvgIpc) is 2.12. The summed E-state index contributed by atoms with van der Waals surface area (Å²) in [6.07, 6.45) is 4.75. The Kier molecular flexibility index (Phi) is 3.80. The monoisotopic (exact) mass is 197 g/mol. The Morgan fingerprint density at radius 1 is 1.46 bits per heavy atom. The van der Waals surface area contributed by atoms with E-state index in [-0.39, 0.29) is 5.75 Å². The van der Waals surface area contributed by atoms with Gasteiger partial charge in [0.15, 0.2) is 0 Å². The van der Waals surface area contributed by atoms with Crippen LogP contribution >= 0.6 is 11.6 Å². The molecule has 0 atom stereocenters. The maximum atomic E-state index is 9.14. The fourth-order valence-electron chi connectivity index (χ4n) is 0.942. The molecule has 0 bridgehead atoms. The van der Waals surface area contributed by atoms with Crippen molar-refractivity contribution in [2.24, 2.45) is 5.73 Å². The van der Waals surface area contributed by atoms with Gasteiger partial charge in [0.2, 0.25) is 0 Å². The van der Waals surface area contributed by atoms with Crippen LogP contribution in [0.4, 0.5) is 0 Å². The van der Waals surface area contributed by atoms with E-state index in [9.17, 15) is 0 Å². The lowest BCUT2D eigenvalue weighted by atomic mass is 10.2. The molecule has 0 saturated carbocycles. The number of phenols is 1. The van der Waals surface area contributed by atoms with E-state index >= 15 is 0 Å². The van der Waals surface area contributed by atoms with Crippen molar-refractivity contribution in [1.82, 2.24) is 0 Å². The second-order valence-electron chi connectivity index (χ2n) is 2.69. The van der Waals surface area contributed by atoms with Gasteiger partial charge < -0.3 is 10.8 Å². The molecule has 0 radical (unpaired) electrons. The second-order valence-corrected chi connectivity index (χ2v) is 3.10. The minimum absolute atomic E-state index is 0.109. The van der Waals surface area contributed by atoms with Gasteiger partial charge >= 0.3 is 0 Å². The quantitative estimate of drug-likeness (QED) is 0.782. The highest BCUT2D eigenvalue weighted by atomic mass is 35.5. The minimum atomic E-state index is 0.109. The first-order chi connectivity index (χ1) is 6.24. The van der Waals surface area contributed by atoms with E-state index in [1.807, 2.05) is 12.2 Å². The Bertz CT molecular complexity index is 310. The topological polar surface area (TPSA) is 46.2 Å². The first-order valence-electron chi connectivity index (χ1n) is 4.09. The molecule has 0 aliphatic carbocycles. The number of benzene rings is 1. The van der Waals surface area contributed by atoms with Crippen LogP contribution in [0.25, 0.3) is 6.08 Å². The van der Waals surface area contributed by atoms with Crippen molar-refractivity contribution in [3.05, 3.63) is 34.9 Å². The Balaban J connectivity index is 2.73. The van der Waals surface area contributed by atoms with Crippen molar-refractivity contribution in [2.45, 2.75) is 6.42 Å². The van der Waals surface area contributed by atoms with Crippen LogP contribution in [0.1, 0.15) is 12.0 Å². The molecule has 3 N–H and O–H groups in total. The molecular formula is C10H12ClNO. The summed E-state index contributed by atoms with van der Waals surface area (Å²) >= 11 is 5.72. The van der Waals surface area contributed by atoms with Crippen molar-refractivity contribution >= 4 is 17.7 Å². The molecule has 1 rings (SSSR count). The molecule has 0 amide bonds. The number of hydrogen-bond donors (Lipinski definition) is 2. The third kappa shape index (κ3) is 3.09. The summed E-state index contributed by atoms with van der Waals surface area (Å²) in [5, 5.41) is 9.51. The molecule has 0 unspecified atom stereocenters. The average molecular weight is 198 g/mol. The van der Waals surface area contributed by atoms with Crippen molar-refractivity contribution in [1.29, 1.82) is 0 Å². The predicted octanol–water partition coefficient (Wildman–Crippen LogP) is 2.41. The summed E-state index contributed by atoms with van der Waals surface area (Å²) in [6.45, 7) is 0.641. The van der Waals surface area contributed by atoms with Crippen molar-refractivity contribution < 1.29 is 5.11 Å². The van der Waals surface area contributed by atoms with E-state index < -0.39 is 0 Å². The minimum Gasteiger partial charge on any atom is -0.506 e. The lowest BCUT2D eigenvalue weighted by Gasteiger charge is -1.97. The molecule has 0 aliphatic rings. The SMILES string of the molecule is NCCC=Cc1ccc(O)c(Cl)c1. The van der Waals surface area contributed by atoms with E-state index in [2.05, 4.69) is 0 Å². The fraction of sp³-hybridized carbons (Fsp3) is 0.200. The molecule has 0 spiro atoms. The molecule has 13 heavy (non-hydrogen) atoms. The summed E-state index contributed by atoms with van der Waals surface area (Å²) < 4.78 is 0. The Morgan fingerprint density at radius 2 is 2.23 bits per heavy atom. The van der Waals surface area contributed by atoms with Gasteiger partial charge in [-0.05, 0) is 30.7 Å². The molecule has 2 nitrogen and oxygen atoms in total. The molecule has 0 aromatic heterocycles. The molecule has 0 saturated heterocycles. The Morgan fingerprint density at radius 3 is 2.85 bits per heavy atom. The van der Waals surface area contributed by atoms with Crippen LogP contribution in [-0.4, -0.2) is 11.7 Å². The van der Waals surface area contributed by atoms with Crippen LogP contribution in [0.5, 0.6) is 5.75 Å². The van der Waals surface area contributed by atoms with Crippen molar-refractivity contribution in [3.63, 3.8) is 0 Å². The number of nitrogens with two attached hydrogens (primary N) is 1. The normalized spacial score (nSPS) is 10.9. The van der Waals surface area contributed by atoms with Crippen LogP contribution < -0.4 is 5.73 Å². The Labute approximate surface area is 82.6 Å². The van der Waals surface area contributed by atoms with Gasteiger partial charge in [-0.1, -0.05) is 29.8 Å². The van der Waals surface area contributed by atoms with E-state index in [0.29, 0.717) is 11.6 Å². The summed E-state index contributed by atoms with van der Waals surface area (Å²) in [6, 6.07) is 5.09. The largest absolute Gasteiger partial charge is 0.506 e. The maximum Gasteiger partial charge on any atom is 0.134 e. The third-order valence-corrected chi connectivity index (χ3v) is 1.92. The highest BCUT2D eigenvalue weighted by Gasteiger charge is 1.96. The zero-order valence-corrected chi connectivity index (χ0v) is 7.96. The van der Waals surface area contributed by atoms with E-state index in [0.717, 1.165) is 12.0 Å². The number of hydrogen-bond acceptors (Lipinski definition) is 2. The molecule has 3 heteroatoms. The van der Waals surface area contributed by atoms with E-state index in [1.54, 1.807) is 18.2 Å². The zero-order valence-electron chi connectivity index (χ0n) is 7.20. The van der Waals surface area contributed by atoms with Crippen molar-refractivity contribution in [2.75, 3.05) is 6.54 Å². The van der Waals surface area contributed by atoms with Crippen LogP contribution in [0.3, 0.4) is 0 Å². The zero-order chi connectivity index (χ0) is 9.68. The fourth-order valence-corrected chi connectivity index (χ4v) is 1.13. The maximum absolute atomic E-state index is 9.14. The van der Waals surface area contributed by atoms with Crippen LogP contribution in [0, 0.1) is 0 Å². The highest BCUT2D eigenvalue weighted by molar-refractivity contribution is 6.32. The number of phenolic OH excluding ortho intramolecular Hbond substituents is 1. The summed E-state index contributed by atoms with van der Waals surface area (Å²) in [5.41, 5.74) is 6.30. The van der Waals surface area contributed by atoms with Gasteiger partial charge in [0.25, 0.3) is 0 Å². The molecule has 1 aromatic carbocycles. The van der Waals surface area contributed by atoms with Gasteiger partial charge in [-0.15, -0.1) is 0 Å².